The van der Waals surface area contributed by atoms with E-state index < -0.39 is 11.7 Å². The van der Waals surface area contributed by atoms with E-state index in [4.69, 9.17) is 5.73 Å². The van der Waals surface area contributed by atoms with Crippen LogP contribution in [0.25, 0.3) is 0 Å². The Hall–Kier alpha value is -0.840. The van der Waals surface area contributed by atoms with Gasteiger partial charge in [-0.05, 0) is 35.8 Å². The summed E-state index contributed by atoms with van der Waals surface area (Å²) in [4.78, 5) is 0. The number of rotatable bonds is 1. The summed E-state index contributed by atoms with van der Waals surface area (Å²) in [6.45, 7) is 0. The first-order valence-corrected chi connectivity index (χ1v) is 6.18. The number of anilines is 1. The van der Waals surface area contributed by atoms with Crippen molar-refractivity contribution in [2.24, 2.45) is 0 Å². The van der Waals surface area contributed by atoms with Crippen molar-refractivity contribution in [2.75, 3.05) is 17.2 Å². The minimum Gasteiger partial charge on any atom is -0.398 e. The van der Waals surface area contributed by atoms with Gasteiger partial charge in [0.25, 0.3) is 0 Å². The molecule has 0 aliphatic carbocycles. The number of benzene rings is 1. The highest BCUT2D eigenvalue weighted by molar-refractivity contribution is 7.99. The third-order valence-corrected chi connectivity index (χ3v) is 3.94. The van der Waals surface area contributed by atoms with Crippen molar-refractivity contribution in [1.29, 1.82) is 0 Å². The van der Waals surface area contributed by atoms with Crippen LogP contribution in [-0.2, 0) is 6.18 Å². The molecule has 88 valence electrons. The lowest BCUT2D eigenvalue weighted by Gasteiger charge is -2.14. The molecule has 16 heavy (non-hydrogen) atoms. The standard InChI is InChI=1S/C11H12F3NS/c12-11(13,14)9-2-1-7(5-10(9)15)8-3-4-16-6-8/h1-2,5,8H,3-4,6,15H2. The fourth-order valence-corrected chi connectivity index (χ4v) is 3.15. The number of hydrogen-bond acceptors (Lipinski definition) is 2. The Morgan fingerprint density at radius 3 is 2.56 bits per heavy atom. The molecule has 0 saturated carbocycles. The van der Waals surface area contributed by atoms with Crippen LogP contribution in [0.15, 0.2) is 18.2 Å². The molecule has 0 amide bonds. The van der Waals surface area contributed by atoms with E-state index in [0.717, 1.165) is 29.6 Å². The van der Waals surface area contributed by atoms with E-state index >= 15 is 0 Å². The summed E-state index contributed by atoms with van der Waals surface area (Å²) in [7, 11) is 0. The van der Waals surface area contributed by atoms with Gasteiger partial charge in [0.2, 0.25) is 0 Å². The molecule has 0 radical (unpaired) electrons. The average molecular weight is 247 g/mol. The van der Waals surface area contributed by atoms with Gasteiger partial charge in [0.05, 0.1) is 5.56 Å². The fraction of sp³-hybridized carbons (Fsp3) is 0.455. The van der Waals surface area contributed by atoms with E-state index in [1.807, 2.05) is 11.8 Å². The predicted octanol–water partition coefficient (Wildman–Crippen LogP) is 3.51. The Balaban J connectivity index is 2.29. The van der Waals surface area contributed by atoms with Gasteiger partial charge in [-0.25, -0.2) is 0 Å². The summed E-state index contributed by atoms with van der Waals surface area (Å²) >= 11 is 1.83. The van der Waals surface area contributed by atoms with E-state index in [9.17, 15) is 13.2 Å². The van der Waals surface area contributed by atoms with E-state index in [2.05, 4.69) is 0 Å². The van der Waals surface area contributed by atoms with Crippen LogP contribution >= 0.6 is 11.8 Å². The number of alkyl halides is 3. The molecular formula is C11H12F3NS. The van der Waals surface area contributed by atoms with Gasteiger partial charge in [0.15, 0.2) is 0 Å². The van der Waals surface area contributed by atoms with Crippen molar-refractivity contribution >= 4 is 17.4 Å². The number of halogens is 3. The zero-order valence-electron chi connectivity index (χ0n) is 8.55. The molecule has 1 nitrogen and oxygen atoms in total. The predicted molar refractivity (Wildman–Crippen MR) is 60.5 cm³/mol. The summed E-state index contributed by atoms with van der Waals surface area (Å²) in [5, 5.41) is 0. The van der Waals surface area contributed by atoms with Crippen molar-refractivity contribution in [1.82, 2.24) is 0 Å². The first kappa shape index (κ1) is 11.6. The summed E-state index contributed by atoms with van der Waals surface area (Å²) in [5.74, 6) is 2.41. The summed E-state index contributed by atoms with van der Waals surface area (Å²) < 4.78 is 37.4. The third kappa shape index (κ3) is 2.29. The smallest absolute Gasteiger partial charge is 0.398 e. The van der Waals surface area contributed by atoms with Gasteiger partial charge in [-0.15, -0.1) is 0 Å². The maximum Gasteiger partial charge on any atom is 0.418 e. The van der Waals surface area contributed by atoms with E-state index in [1.54, 1.807) is 6.07 Å². The van der Waals surface area contributed by atoms with Crippen molar-refractivity contribution in [3.8, 4) is 0 Å². The Labute approximate surface area is 96.2 Å². The maximum absolute atomic E-state index is 12.5. The largest absolute Gasteiger partial charge is 0.418 e. The van der Waals surface area contributed by atoms with Gasteiger partial charge in [0.1, 0.15) is 0 Å². The molecule has 1 aromatic carbocycles. The highest BCUT2D eigenvalue weighted by Crippen LogP contribution is 2.37. The van der Waals surface area contributed by atoms with Crippen molar-refractivity contribution in [3.63, 3.8) is 0 Å². The molecule has 5 heteroatoms. The van der Waals surface area contributed by atoms with E-state index in [1.165, 1.54) is 6.07 Å². The van der Waals surface area contributed by atoms with Gasteiger partial charge < -0.3 is 5.73 Å². The molecule has 0 spiro atoms. The van der Waals surface area contributed by atoms with Crippen molar-refractivity contribution in [3.05, 3.63) is 29.3 Å². The van der Waals surface area contributed by atoms with Crippen LogP contribution in [0, 0.1) is 0 Å². The van der Waals surface area contributed by atoms with Crippen LogP contribution in [0.5, 0.6) is 0 Å². The number of nitrogen functional groups attached to an aromatic ring is 1. The number of thioether (sulfide) groups is 1. The lowest BCUT2D eigenvalue weighted by molar-refractivity contribution is -0.136. The van der Waals surface area contributed by atoms with Crippen LogP contribution in [0.4, 0.5) is 18.9 Å². The minimum absolute atomic E-state index is 0.165. The molecule has 0 aromatic heterocycles. The van der Waals surface area contributed by atoms with Gasteiger partial charge in [-0.3, -0.25) is 0 Å². The highest BCUT2D eigenvalue weighted by atomic mass is 32.2. The minimum atomic E-state index is -4.35. The quantitative estimate of drug-likeness (QED) is 0.768. The second-order valence-corrected chi connectivity index (χ2v) is 5.05. The molecule has 2 N–H and O–H groups in total. The van der Waals surface area contributed by atoms with E-state index in [-0.39, 0.29) is 5.69 Å². The molecule has 0 bridgehead atoms. The summed E-state index contributed by atoms with van der Waals surface area (Å²) in [6.07, 6.45) is -3.33. The monoisotopic (exact) mass is 247 g/mol. The normalized spacial score (nSPS) is 21.3. The third-order valence-electron chi connectivity index (χ3n) is 2.78. The molecular weight excluding hydrogens is 235 g/mol. The maximum atomic E-state index is 12.5. The Kier molecular flexibility index (Phi) is 3.06. The lowest BCUT2D eigenvalue weighted by Crippen LogP contribution is -2.10. The van der Waals surface area contributed by atoms with Crippen LogP contribution in [-0.4, -0.2) is 11.5 Å². The average Bonchev–Trinajstić information content (AvgIpc) is 2.68. The summed E-state index contributed by atoms with van der Waals surface area (Å²) in [5.41, 5.74) is 5.48. The SMILES string of the molecule is Nc1cc(C2CCSC2)ccc1C(F)(F)F. The Morgan fingerprint density at radius 1 is 1.31 bits per heavy atom. The van der Waals surface area contributed by atoms with Gasteiger partial charge >= 0.3 is 6.18 Å². The zero-order valence-corrected chi connectivity index (χ0v) is 9.37. The van der Waals surface area contributed by atoms with Crippen LogP contribution in [0.3, 0.4) is 0 Å². The second-order valence-electron chi connectivity index (χ2n) is 3.90. The Morgan fingerprint density at radius 2 is 2.06 bits per heavy atom. The van der Waals surface area contributed by atoms with Crippen molar-refractivity contribution in [2.45, 2.75) is 18.5 Å². The van der Waals surface area contributed by atoms with E-state index in [0.29, 0.717) is 5.92 Å². The van der Waals surface area contributed by atoms with Crippen LogP contribution < -0.4 is 5.73 Å². The number of hydrogen-bond donors (Lipinski definition) is 1. The highest BCUT2D eigenvalue weighted by Gasteiger charge is 2.33. The molecule has 1 heterocycles. The molecule has 1 aliphatic heterocycles. The van der Waals surface area contributed by atoms with Gasteiger partial charge in [0, 0.05) is 11.4 Å². The van der Waals surface area contributed by atoms with Gasteiger partial charge in [-0.2, -0.15) is 24.9 Å². The topological polar surface area (TPSA) is 26.0 Å². The molecule has 1 aliphatic rings. The first-order chi connectivity index (χ1) is 7.48. The molecule has 1 aromatic rings. The Bertz CT molecular complexity index is 383. The second kappa shape index (κ2) is 4.20. The molecule has 2 rings (SSSR count). The first-order valence-electron chi connectivity index (χ1n) is 5.03. The molecule has 1 atom stereocenters. The zero-order chi connectivity index (χ0) is 11.8. The van der Waals surface area contributed by atoms with Crippen LogP contribution in [0.1, 0.15) is 23.5 Å². The molecule has 1 fully saturated rings. The van der Waals surface area contributed by atoms with Crippen LogP contribution in [0.2, 0.25) is 0 Å². The molecule has 1 unspecified atom stereocenters. The van der Waals surface area contributed by atoms with Gasteiger partial charge in [-0.1, -0.05) is 6.07 Å². The molecule has 1 saturated heterocycles. The summed E-state index contributed by atoms with van der Waals surface area (Å²) in [6, 6.07) is 4.11. The number of nitrogens with two attached hydrogens (primary N) is 1. The fourth-order valence-electron chi connectivity index (χ4n) is 1.89. The lowest BCUT2D eigenvalue weighted by atomic mass is 9.96. The van der Waals surface area contributed by atoms with Crippen molar-refractivity contribution < 1.29 is 13.2 Å².